The average Bonchev–Trinajstić information content (AvgIpc) is 3.33. The third-order valence-electron chi connectivity index (χ3n) is 4.79. The summed E-state index contributed by atoms with van der Waals surface area (Å²) in [6.45, 7) is 9.57. The second-order valence-electron chi connectivity index (χ2n) is 7.21. The van der Waals surface area contributed by atoms with Crippen molar-refractivity contribution in [2.45, 2.75) is 78.0 Å². The predicted molar refractivity (Wildman–Crippen MR) is 115 cm³/mol. The summed E-state index contributed by atoms with van der Waals surface area (Å²) >= 11 is 0. The fourth-order valence-electron chi connectivity index (χ4n) is 3.25. The van der Waals surface area contributed by atoms with Gasteiger partial charge in [0.15, 0.2) is 0 Å². The maximum absolute atomic E-state index is 12.3. The summed E-state index contributed by atoms with van der Waals surface area (Å²) in [4.78, 5) is 8.87. The van der Waals surface area contributed by atoms with Crippen molar-refractivity contribution in [3.8, 4) is 0 Å². The Bertz CT molecular complexity index is 842. The monoisotopic (exact) mass is 422 g/mol. The van der Waals surface area contributed by atoms with Gasteiger partial charge in [0.2, 0.25) is 0 Å². The molecule has 0 amide bonds. The summed E-state index contributed by atoms with van der Waals surface area (Å²) in [5.74, 6) is 1.49. The van der Waals surface area contributed by atoms with E-state index in [1.165, 1.54) is 6.08 Å². The van der Waals surface area contributed by atoms with Crippen LogP contribution in [0.2, 0.25) is 0 Å². The van der Waals surface area contributed by atoms with E-state index in [0.717, 1.165) is 57.4 Å². The molecule has 2 rings (SSSR count). The molecular formula is C21H34N4O3S. The van der Waals surface area contributed by atoms with Crippen molar-refractivity contribution < 1.29 is 12.6 Å². The predicted octanol–water partition coefficient (Wildman–Crippen LogP) is 4.28. The fourth-order valence-corrected chi connectivity index (χ4v) is 4.16. The highest BCUT2D eigenvalue weighted by Crippen LogP contribution is 2.25. The third-order valence-corrected chi connectivity index (χ3v) is 5.96. The van der Waals surface area contributed by atoms with Gasteiger partial charge in [0, 0.05) is 44.3 Å². The van der Waals surface area contributed by atoms with Crippen LogP contribution in [0, 0.1) is 0 Å². The van der Waals surface area contributed by atoms with E-state index in [4.69, 9.17) is 4.18 Å². The van der Waals surface area contributed by atoms with Gasteiger partial charge in [0.05, 0.1) is 5.75 Å². The Hall–Kier alpha value is -1.93. The molecule has 0 aliphatic carbocycles. The Labute approximate surface area is 174 Å². The van der Waals surface area contributed by atoms with Gasteiger partial charge in [0.1, 0.15) is 17.8 Å². The molecule has 0 spiro atoms. The summed E-state index contributed by atoms with van der Waals surface area (Å²) in [6, 6.07) is 0. The maximum Gasteiger partial charge on any atom is 0.271 e. The normalized spacial score (nSPS) is 12.9. The van der Waals surface area contributed by atoms with Crippen molar-refractivity contribution in [1.29, 1.82) is 0 Å². The number of aromatic nitrogens is 4. The van der Waals surface area contributed by atoms with Crippen molar-refractivity contribution in [2.75, 3.05) is 5.75 Å². The molecule has 1 atom stereocenters. The Balaban J connectivity index is 2.09. The van der Waals surface area contributed by atoms with Crippen LogP contribution >= 0.6 is 0 Å². The smallest absolute Gasteiger partial charge is 0.271 e. The van der Waals surface area contributed by atoms with Crippen molar-refractivity contribution in [3.63, 3.8) is 0 Å². The molecule has 8 heteroatoms. The zero-order valence-corrected chi connectivity index (χ0v) is 18.5. The van der Waals surface area contributed by atoms with Crippen LogP contribution in [-0.4, -0.2) is 33.3 Å². The minimum atomic E-state index is -3.69. The number of hydrogen-bond acceptors (Lipinski definition) is 5. The van der Waals surface area contributed by atoms with Crippen molar-refractivity contribution in [3.05, 3.63) is 49.1 Å². The molecule has 2 heterocycles. The molecule has 2 aromatic heterocycles. The first-order valence-corrected chi connectivity index (χ1v) is 12.1. The van der Waals surface area contributed by atoms with Gasteiger partial charge in [-0.15, -0.1) is 6.58 Å². The molecule has 0 N–H and O–H groups in total. The second-order valence-corrected chi connectivity index (χ2v) is 8.85. The summed E-state index contributed by atoms with van der Waals surface area (Å²) < 4.78 is 34.3. The lowest BCUT2D eigenvalue weighted by atomic mass is 10.1. The molecule has 162 valence electrons. The van der Waals surface area contributed by atoms with E-state index >= 15 is 0 Å². The summed E-state index contributed by atoms with van der Waals surface area (Å²) in [6.07, 6.45) is 14.6. The average molecular weight is 423 g/mol. The highest BCUT2D eigenvalue weighted by Gasteiger charge is 2.24. The topological polar surface area (TPSA) is 79.0 Å². The van der Waals surface area contributed by atoms with Crippen molar-refractivity contribution in [2.24, 2.45) is 0 Å². The molecular weight excluding hydrogens is 388 g/mol. The molecule has 0 fully saturated rings. The molecule has 7 nitrogen and oxygen atoms in total. The second kappa shape index (κ2) is 11.9. The first-order chi connectivity index (χ1) is 14.0. The van der Waals surface area contributed by atoms with E-state index in [1.807, 2.05) is 23.2 Å². The highest BCUT2D eigenvalue weighted by molar-refractivity contribution is 7.86. The number of aryl methyl sites for hydroxylation is 3. The summed E-state index contributed by atoms with van der Waals surface area (Å²) in [5, 5.41) is 0. The molecule has 1 unspecified atom stereocenters. The van der Waals surface area contributed by atoms with Crippen molar-refractivity contribution >= 4 is 10.1 Å². The molecule has 0 aromatic carbocycles. The molecule has 0 aliphatic heterocycles. The van der Waals surface area contributed by atoms with Crippen LogP contribution in [-0.2, 0) is 33.8 Å². The third kappa shape index (κ3) is 7.44. The van der Waals surface area contributed by atoms with E-state index in [1.54, 1.807) is 6.20 Å². The van der Waals surface area contributed by atoms with Crippen LogP contribution in [0.1, 0.15) is 70.1 Å². The molecule has 0 bridgehead atoms. The lowest BCUT2D eigenvalue weighted by molar-refractivity contribution is 0.185. The van der Waals surface area contributed by atoms with E-state index < -0.39 is 16.2 Å². The quantitative estimate of drug-likeness (QED) is 0.316. The minimum Gasteiger partial charge on any atom is -0.335 e. The Kier molecular flexibility index (Phi) is 9.60. The zero-order chi connectivity index (χ0) is 21.1. The number of imidazole rings is 2. The first kappa shape index (κ1) is 23.3. The van der Waals surface area contributed by atoms with Gasteiger partial charge in [-0.1, -0.05) is 32.8 Å². The lowest BCUT2D eigenvalue weighted by Gasteiger charge is -2.18. The van der Waals surface area contributed by atoms with Crippen LogP contribution in [0.25, 0.3) is 0 Å². The Morgan fingerprint density at radius 1 is 1.07 bits per heavy atom. The summed E-state index contributed by atoms with van der Waals surface area (Å²) in [5.41, 5.74) is 0. The number of nitrogens with zero attached hydrogens (tertiary/aromatic N) is 4. The van der Waals surface area contributed by atoms with Crippen LogP contribution in [0.5, 0.6) is 0 Å². The van der Waals surface area contributed by atoms with E-state index in [2.05, 4.69) is 35.0 Å². The number of hydrogen-bond donors (Lipinski definition) is 0. The molecule has 29 heavy (non-hydrogen) atoms. The molecule has 0 saturated heterocycles. The fraction of sp³-hybridized carbons (Fsp3) is 0.619. The Morgan fingerprint density at radius 3 is 2.41 bits per heavy atom. The van der Waals surface area contributed by atoms with Crippen LogP contribution in [0.4, 0.5) is 0 Å². The number of rotatable bonds is 15. The lowest BCUT2D eigenvalue weighted by Crippen LogP contribution is -2.18. The van der Waals surface area contributed by atoms with Crippen LogP contribution < -0.4 is 0 Å². The van der Waals surface area contributed by atoms with E-state index in [0.29, 0.717) is 12.2 Å². The van der Waals surface area contributed by atoms with Gasteiger partial charge >= 0.3 is 0 Å². The van der Waals surface area contributed by atoms with Crippen molar-refractivity contribution in [1.82, 2.24) is 19.1 Å². The maximum atomic E-state index is 12.3. The first-order valence-electron chi connectivity index (χ1n) is 10.5. The van der Waals surface area contributed by atoms with Gasteiger partial charge in [-0.25, -0.2) is 9.97 Å². The van der Waals surface area contributed by atoms with Gasteiger partial charge in [0.25, 0.3) is 10.1 Å². The van der Waals surface area contributed by atoms with E-state index in [-0.39, 0.29) is 5.75 Å². The van der Waals surface area contributed by atoms with Crippen LogP contribution in [0.15, 0.2) is 37.4 Å². The van der Waals surface area contributed by atoms with Gasteiger partial charge in [-0.05, 0) is 25.7 Å². The van der Waals surface area contributed by atoms with Gasteiger partial charge in [-0.3, -0.25) is 4.18 Å². The molecule has 0 aliphatic rings. The molecule has 0 radical (unpaired) electrons. The molecule has 2 aromatic rings. The standard InChI is InChI=1S/C21H34N4O3S/c1-4-7-14-24-16-12-22-20(24)11-9-10-19(28-29(26,27)18-6-3)21-23-13-17-25(21)15-8-5-2/h6,12-13,16-17,19H,3-5,7-11,14-15,18H2,1-2H3. The highest BCUT2D eigenvalue weighted by atomic mass is 32.2. The Morgan fingerprint density at radius 2 is 1.72 bits per heavy atom. The van der Waals surface area contributed by atoms with Crippen LogP contribution in [0.3, 0.4) is 0 Å². The SMILES string of the molecule is C=CCS(=O)(=O)OC(CCCc1nccn1CCCC)c1nccn1CCCC. The summed E-state index contributed by atoms with van der Waals surface area (Å²) in [7, 11) is -3.69. The minimum absolute atomic E-state index is 0.208. The van der Waals surface area contributed by atoms with Gasteiger partial charge in [-0.2, -0.15) is 8.42 Å². The largest absolute Gasteiger partial charge is 0.335 e. The zero-order valence-electron chi connectivity index (χ0n) is 17.7. The van der Waals surface area contributed by atoms with E-state index in [9.17, 15) is 8.42 Å². The number of unbranched alkanes of at least 4 members (excludes halogenated alkanes) is 2. The molecule has 0 saturated carbocycles. The van der Waals surface area contributed by atoms with Gasteiger partial charge < -0.3 is 9.13 Å².